The van der Waals surface area contributed by atoms with Gasteiger partial charge in [0.15, 0.2) is 0 Å². The quantitative estimate of drug-likeness (QED) is 0.742. The van der Waals surface area contributed by atoms with E-state index in [1.807, 2.05) is 0 Å². The van der Waals surface area contributed by atoms with Crippen LogP contribution in [-0.4, -0.2) is 28.1 Å². The molecule has 5 heteroatoms. The molecule has 1 amide bonds. The average Bonchev–Trinajstić information content (AvgIpc) is 2.37. The minimum atomic E-state index is -0.789. The Morgan fingerprint density at radius 2 is 2.06 bits per heavy atom. The van der Waals surface area contributed by atoms with E-state index in [-0.39, 0.29) is 23.7 Å². The molecule has 2 rings (SSSR count). The highest BCUT2D eigenvalue weighted by Crippen LogP contribution is 2.27. The van der Waals surface area contributed by atoms with Crippen molar-refractivity contribution >= 4 is 5.91 Å². The van der Waals surface area contributed by atoms with Gasteiger partial charge in [-0.05, 0) is 18.9 Å². The third-order valence-electron chi connectivity index (χ3n) is 3.38. The molecule has 1 aliphatic rings. The van der Waals surface area contributed by atoms with Gasteiger partial charge in [-0.1, -0.05) is 25.3 Å². The Bertz CT molecular complexity index is 475. The number of aliphatic hydroxyl groups is 1. The molecule has 1 aromatic heterocycles. The van der Waals surface area contributed by atoms with E-state index in [9.17, 15) is 14.7 Å². The molecule has 0 aliphatic heterocycles. The molecule has 1 aliphatic carbocycles. The smallest absolute Gasteiger partial charge is 0.267 e. The zero-order valence-electron chi connectivity index (χ0n) is 10.2. The summed E-state index contributed by atoms with van der Waals surface area (Å²) in [6.45, 7) is 0.239. The van der Waals surface area contributed by atoms with Crippen molar-refractivity contribution in [2.75, 3.05) is 6.54 Å². The SMILES string of the molecule is O=C(NCC1(O)CCCCC1)c1cccc(=O)[nH]1. The molecule has 0 spiro atoms. The van der Waals surface area contributed by atoms with Crippen LogP contribution in [0.25, 0.3) is 0 Å². The van der Waals surface area contributed by atoms with Crippen molar-refractivity contribution in [3.63, 3.8) is 0 Å². The summed E-state index contributed by atoms with van der Waals surface area (Å²) in [5.41, 5.74) is -0.871. The molecule has 1 saturated carbocycles. The zero-order valence-corrected chi connectivity index (χ0v) is 10.2. The van der Waals surface area contributed by atoms with E-state index in [1.165, 1.54) is 12.1 Å². The molecule has 1 heterocycles. The second-order valence-electron chi connectivity index (χ2n) is 4.90. The number of hydrogen-bond donors (Lipinski definition) is 3. The number of carbonyl (C=O) groups excluding carboxylic acids is 1. The van der Waals surface area contributed by atoms with Gasteiger partial charge in [0.1, 0.15) is 5.69 Å². The zero-order chi connectivity index (χ0) is 13.0. The average molecular weight is 250 g/mol. The van der Waals surface area contributed by atoms with Gasteiger partial charge in [0.05, 0.1) is 5.60 Å². The number of pyridine rings is 1. The second-order valence-corrected chi connectivity index (χ2v) is 4.90. The fourth-order valence-corrected chi connectivity index (χ4v) is 2.31. The Hall–Kier alpha value is -1.62. The Balaban J connectivity index is 1.94. The summed E-state index contributed by atoms with van der Waals surface area (Å²) >= 11 is 0. The first kappa shape index (κ1) is 12.8. The molecule has 5 nitrogen and oxygen atoms in total. The summed E-state index contributed by atoms with van der Waals surface area (Å²) in [7, 11) is 0. The minimum Gasteiger partial charge on any atom is -0.388 e. The molecule has 0 aromatic carbocycles. The van der Waals surface area contributed by atoms with Crippen molar-refractivity contribution in [3.8, 4) is 0 Å². The molecular weight excluding hydrogens is 232 g/mol. The van der Waals surface area contributed by atoms with Gasteiger partial charge in [0, 0.05) is 12.6 Å². The molecule has 0 radical (unpaired) electrons. The van der Waals surface area contributed by atoms with E-state index in [4.69, 9.17) is 0 Å². The molecule has 0 atom stereocenters. The van der Waals surface area contributed by atoms with Crippen LogP contribution in [0.5, 0.6) is 0 Å². The maximum atomic E-state index is 11.8. The molecular formula is C13H18N2O3. The van der Waals surface area contributed by atoms with E-state index >= 15 is 0 Å². The standard InChI is InChI=1S/C13H18N2O3/c16-11-6-4-5-10(15-11)12(17)14-9-13(18)7-2-1-3-8-13/h4-6,18H,1-3,7-9H2,(H,14,17)(H,15,16). The maximum absolute atomic E-state index is 11.8. The van der Waals surface area contributed by atoms with Crippen LogP contribution in [0.4, 0.5) is 0 Å². The molecule has 1 fully saturated rings. The number of aromatic amines is 1. The number of H-pyrrole nitrogens is 1. The molecule has 0 bridgehead atoms. The highest BCUT2D eigenvalue weighted by atomic mass is 16.3. The number of aromatic nitrogens is 1. The second kappa shape index (κ2) is 5.35. The summed E-state index contributed by atoms with van der Waals surface area (Å²) in [6.07, 6.45) is 4.57. The first-order valence-electron chi connectivity index (χ1n) is 6.29. The van der Waals surface area contributed by atoms with Crippen molar-refractivity contribution in [2.24, 2.45) is 0 Å². The third kappa shape index (κ3) is 3.20. The predicted octanol–water partition coefficient (Wildman–Crippen LogP) is 0.800. The molecule has 18 heavy (non-hydrogen) atoms. The molecule has 0 saturated heterocycles. The molecule has 0 unspecified atom stereocenters. The number of hydrogen-bond acceptors (Lipinski definition) is 3. The number of amides is 1. The van der Waals surface area contributed by atoms with Gasteiger partial charge in [-0.3, -0.25) is 9.59 Å². The molecule has 98 valence electrons. The summed E-state index contributed by atoms with van der Waals surface area (Å²) in [4.78, 5) is 25.3. The topological polar surface area (TPSA) is 82.2 Å². The van der Waals surface area contributed by atoms with Crippen molar-refractivity contribution in [1.29, 1.82) is 0 Å². The monoisotopic (exact) mass is 250 g/mol. The lowest BCUT2D eigenvalue weighted by atomic mass is 9.85. The van der Waals surface area contributed by atoms with Gasteiger partial charge in [-0.15, -0.1) is 0 Å². The normalized spacial score (nSPS) is 18.3. The Morgan fingerprint density at radius 1 is 1.33 bits per heavy atom. The van der Waals surface area contributed by atoms with Crippen LogP contribution in [0, 0.1) is 0 Å². The number of carbonyl (C=O) groups is 1. The van der Waals surface area contributed by atoms with Crippen molar-refractivity contribution in [2.45, 2.75) is 37.7 Å². The molecule has 3 N–H and O–H groups in total. The van der Waals surface area contributed by atoms with Crippen LogP contribution in [0.15, 0.2) is 23.0 Å². The van der Waals surface area contributed by atoms with Gasteiger partial charge in [0.2, 0.25) is 5.56 Å². The highest BCUT2D eigenvalue weighted by molar-refractivity contribution is 5.92. The summed E-state index contributed by atoms with van der Waals surface area (Å²) < 4.78 is 0. The fraction of sp³-hybridized carbons (Fsp3) is 0.538. The van der Waals surface area contributed by atoms with E-state index in [0.717, 1.165) is 32.1 Å². The van der Waals surface area contributed by atoms with Gasteiger partial charge in [-0.2, -0.15) is 0 Å². The van der Waals surface area contributed by atoms with E-state index in [2.05, 4.69) is 10.3 Å². The third-order valence-corrected chi connectivity index (χ3v) is 3.38. The highest BCUT2D eigenvalue weighted by Gasteiger charge is 2.29. The van der Waals surface area contributed by atoms with Crippen LogP contribution in [0.2, 0.25) is 0 Å². The lowest BCUT2D eigenvalue weighted by Crippen LogP contribution is -2.44. The first-order chi connectivity index (χ1) is 8.59. The first-order valence-corrected chi connectivity index (χ1v) is 6.29. The summed E-state index contributed by atoms with van der Waals surface area (Å²) in [5, 5.41) is 12.9. The maximum Gasteiger partial charge on any atom is 0.267 e. The fourth-order valence-electron chi connectivity index (χ4n) is 2.31. The largest absolute Gasteiger partial charge is 0.388 e. The Labute approximate surface area is 105 Å². The van der Waals surface area contributed by atoms with Crippen LogP contribution < -0.4 is 10.9 Å². The van der Waals surface area contributed by atoms with E-state index in [0.29, 0.717) is 0 Å². The van der Waals surface area contributed by atoms with Crippen LogP contribution in [0.1, 0.15) is 42.6 Å². The lowest BCUT2D eigenvalue weighted by Gasteiger charge is -2.32. The number of rotatable bonds is 3. The summed E-state index contributed by atoms with van der Waals surface area (Å²) in [5.74, 6) is -0.355. The van der Waals surface area contributed by atoms with Crippen LogP contribution in [-0.2, 0) is 0 Å². The van der Waals surface area contributed by atoms with Crippen LogP contribution >= 0.6 is 0 Å². The van der Waals surface area contributed by atoms with Crippen molar-refractivity contribution in [1.82, 2.24) is 10.3 Å². The van der Waals surface area contributed by atoms with E-state index < -0.39 is 5.60 Å². The van der Waals surface area contributed by atoms with Gasteiger partial charge < -0.3 is 15.4 Å². The van der Waals surface area contributed by atoms with E-state index in [1.54, 1.807) is 6.07 Å². The lowest BCUT2D eigenvalue weighted by molar-refractivity contribution is 0.00521. The Morgan fingerprint density at radius 3 is 2.72 bits per heavy atom. The summed E-state index contributed by atoms with van der Waals surface area (Å²) in [6, 6.07) is 4.43. The van der Waals surface area contributed by atoms with Crippen molar-refractivity contribution < 1.29 is 9.90 Å². The molecule has 1 aromatic rings. The van der Waals surface area contributed by atoms with Crippen molar-refractivity contribution in [3.05, 3.63) is 34.2 Å². The van der Waals surface area contributed by atoms with Gasteiger partial charge in [0.25, 0.3) is 5.91 Å². The minimum absolute atomic E-state index is 0.224. The van der Waals surface area contributed by atoms with Gasteiger partial charge in [-0.25, -0.2) is 0 Å². The Kier molecular flexibility index (Phi) is 3.81. The van der Waals surface area contributed by atoms with Gasteiger partial charge >= 0.3 is 0 Å². The van der Waals surface area contributed by atoms with Crippen LogP contribution in [0.3, 0.4) is 0 Å². The number of nitrogens with one attached hydrogen (secondary N) is 2. The predicted molar refractivity (Wildman–Crippen MR) is 67.4 cm³/mol.